The van der Waals surface area contributed by atoms with E-state index in [1.165, 1.54) is 0 Å². The average molecular weight is 568 g/mol. The molecule has 7 nitrogen and oxygen atoms in total. The highest BCUT2D eigenvalue weighted by Gasteiger charge is 2.45. The number of benzene rings is 1. The summed E-state index contributed by atoms with van der Waals surface area (Å²) in [6.07, 6.45) is 7.12. The number of ether oxygens (including phenoxy) is 1. The number of nitrogens with one attached hydrogen (secondary N) is 1. The molecule has 2 saturated carbocycles. The maximum Gasteiger partial charge on any atom is 0.247 e. The van der Waals surface area contributed by atoms with Gasteiger partial charge in [0.25, 0.3) is 0 Å². The molecule has 0 bridgehead atoms. The Hall–Kier alpha value is -1.65. The molecule has 3 N–H and O–H groups in total. The van der Waals surface area contributed by atoms with Gasteiger partial charge in [0, 0.05) is 30.5 Å². The predicted octanol–water partition coefficient (Wildman–Crippen LogP) is 2.78. The highest BCUT2D eigenvalue weighted by Crippen LogP contribution is 2.37. The van der Waals surface area contributed by atoms with Crippen LogP contribution >= 0.6 is 22.6 Å². The van der Waals surface area contributed by atoms with Crippen LogP contribution in [0.3, 0.4) is 0 Å². The summed E-state index contributed by atoms with van der Waals surface area (Å²) in [4.78, 5) is 28.3. The third-order valence-electron chi connectivity index (χ3n) is 7.10. The first-order chi connectivity index (χ1) is 16.0. The van der Waals surface area contributed by atoms with Crippen molar-refractivity contribution in [3.05, 3.63) is 39.5 Å². The molecule has 0 aromatic heterocycles. The van der Waals surface area contributed by atoms with Crippen molar-refractivity contribution in [3.63, 3.8) is 0 Å². The van der Waals surface area contributed by atoms with Gasteiger partial charge in [-0.25, -0.2) is 0 Å². The van der Waals surface area contributed by atoms with Gasteiger partial charge in [0.2, 0.25) is 11.8 Å². The van der Waals surface area contributed by atoms with Gasteiger partial charge in [-0.1, -0.05) is 31.4 Å². The standard InChI is InChI=1S/C25H33IN2O5/c26-19-10-3-4-11-21(19)33-22-15-17(24(31)27-12-13-29)14-20(23(22)30)28(18-8-1-2-9-18)25(32)16-6-5-7-16/h3-4,10-11,15-16,18,20,22-23,29-30H,1-2,5-9,12-14H2,(H,27,31). The van der Waals surface area contributed by atoms with E-state index in [0.29, 0.717) is 11.3 Å². The van der Waals surface area contributed by atoms with Gasteiger partial charge >= 0.3 is 0 Å². The fraction of sp³-hybridized carbons (Fsp3) is 0.600. The van der Waals surface area contributed by atoms with Gasteiger partial charge in [0.15, 0.2) is 0 Å². The van der Waals surface area contributed by atoms with E-state index < -0.39 is 18.2 Å². The van der Waals surface area contributed by atoms with Crippen LogP contribution < -0.4 is 10.1 Å². The summed E-state index contributed by atoms with van der Waals surface area (Å²) in [5.74, 6) is 0.471. The van der Waals surface area contributed by atoms with Crippen molar-refractivity contribution < 1.29 is 24.5 Å². The zero-order valence-electron chi connectivity index (χ0n) is 18.8. The second kappa shape index (κ2) is 11.2. The topological polar surface area (TPSA) is 99.1 Å². The molecule has 0 aliphatic heterocycles. The van der Waals surface area contributed by atoms with Crippen LogP contribution in [0.1, 0.15) is 51.4 Å². The quantitative estimate of drug-likeness (QED) is 0.419. The maximum atomic E-state index is 13.5. The Bertz CT molecular complexity index is 881. The fourth-order valence-electron chi connectivity index (χ4n) is 5.10. The molecule has 1 aromatic carbocycles. The lowest BCUT2D eigenvalue weighted by Gasteiger charge is -2.45. The third kappa shape index (κ3) is 5.54. The summed E-state index contributed by atoms with van der Waals surface area (Å²) in [6.45, 7) is 0.000419. The highest BCUT2D eigenvalue weighted by atomic mass is 127. The van der Waals surface area contributed by atoms with E-state index in [4.69, 9.17) is 9.84 Å². The van der Waals surface area contributed by atoms with E-state index in [1.807, 2.05) is 29.2 Å². The minimum absolute atomic E-state index is 0.0183. The first-order valence-corrected chi connectivity index (χ1v) is 13.1. The lowest BCUT2D eigenvalue weighted by molar-refractivity contribution is -0.149. The molecule has 2 amide bonds. The van der Waals surface area contributed by atoms with Crippen molar-refractivity contribution in [3.8, 4) is 5.75 Å². The number of carbonyl (C=O) groups is 2. The lowest BCUT2D eigenvalue weighted by atomic mass is 9.81. The Balaban J connectivity index is 1.65. The second-order valence-corrected chi connectivity index (χ2v) is 10.4. The van der Waals surface area contributed by atoms with Gasteiger partial charge in [-0.15, -0.1) is 0 Å². The number of carbonyl (C=O) groups excluding carboxylic acids is 2. The fourth-order valence-corrected chi connectivity index (χ4v) is 5.61. The van der Waals surface area contributed by atoms with Crippen LogP contribution in [0.2, 0.25) is 0 Å². The number of aliphatic hydroxyl groups is 2. The molecule has 0 radical (unpaired) electrons. The molecule has 2 fully saturated rings. The molecule has 180 valence electrons. The van der Waals surface area contributed by atoms with E-state index in [2.05, 4.69) is 27.9 Å². The van der Waals surface area contributed by atoms with Gasteiger partial charge in [-0.05, 0) is 66.5 Å². The van der Waals surface area contributed by atoms with Crippen molar-refractivity contribution in [2.24, 2.45) is 5.92 Å². The van der Waals surface area contributed by atoms with Crippen molar-refractivity contribution >= 4 is 34.4 Å². The lowest BCUT2D eigenvalue weighted by Crippen LogP contribution is -2.59. The van der Waals surface area contributed by atoms with E-state index in [0.717, 1.165) is 48.5 Å². The average Bonchev–Trinajstić information content (AvgIpc) is 3.29. The Morgan fingerprint density at radius 2 is 1.85 bits per heavy atom. The van der Waals surface area contributed by atoms with Crippen molar-refractivity contribution in [1.82, 2.24) is 10.2 Å². The number of hydrogen-bond acceptors (Lipinski definition) is 5. The first kappa shape index (κ1) is 24.5. The van der Waals surface area contributed by atoms with Crippen LogP contribution in [0.5, 0.6) is 5.75 Å². The summed E-state index contributed by atoms with van der Waals surface area (Å²) < 4.78 is 7.11. The first-order valence-electron chi connectivity index (χ1n) is 12.0. The summed E-state index contributed by atoms with van der Waals surface area (Å²) >= 11 is 2.18. The largest absolute Gasteiger partial charge is 0.482 e. The Morgan fingerprint density at radius 3 is 2.48 bits per heavy atom. The molecule has 0 spiro atoms. The monoisotopic (exact) mass is 568 g/mol. The molecular formula is C25H33IN2O5. The van der Waals surface area contributed by atoms with E-state index in [-0.39, 0.29) is 43.3 Å². The zero-order valence-corrected chi connectivity index (χ0v) is 20.9. The molecule has 0 heterocycles. The minimum Gasteiger partial charge on any atom is -0.482 e. The van der Waals surface area contributed by atoms with Crippen molar-refractivity contribution in [1.29, 1.82) is 0 Å². The molecule has 3 atom stereocenters. The molecule has 0 saturated heterocycles. The van der Waals surface area contributed by atoms with Crippen LogP contribution in [0.15, 0.2) is 35.9 Å². The third-order valence-corrected chi connectivity index (χ3v) is 7.99. The van der Waals surface area contributed by atoms with E-state index >= 15 is 0 Å². The number of para-hydroxylation sites is 1. The predicted molar refractivity (Wildman–Crippen MR) is 133 cm³/mol. The van der Waals surface area contributed by atoms with Crippen molar-refractivity contribution in [2.45, 2.75) is 75.7 Å². The van der Waals surface area contributed by atoms with Crippen LogP contribution in [0, 0.1) is 9.49 Å². The van der Waals surface area contributed by atoms with Crippen LogP contribution in [0.4, 0.5) is 0 Å². The molecule has 3 unspecified atom stereocenters. The van der Waals surface area contributed by atoms with E-state index in [9.17, 15) is 14.7 Å². The molecule has 3 aliphatic carbocycles. The smallest absolute Gasteiger partial charge is 0.247 e. The normalized spacial score (nSPS) is 25.8. The van der Waals surface area contributed by atoms with E-state index in [1.54, 1.807) is 6.08 Å². The Labute approximate surface area is 208 Å². The molecule has 1 aromatic rings. The summed E-state index contributed by atoms with van der Waals surface area (Å²) in [6, 6.07) is 7.12. The molecule has 4 rings (SSSR count). The highest BCUT2D eigenvalue weighted by molar-refractivity contribution is 14.1. The number of aliphatic hydroxyl groups excluding tert-OH is 2. The number of halogens is 1. The number of hydrogen-bond donors (Lipinski definition) is 3. The van der Waals surface area contributed by atoms with Crippen LogP contribution in [-0.2, 0) is 9.59 Å². The Kier molecular flexibility index (Phi) is 8.29. The van der Waals surface area contributed by atoms with Crippen molar-refractivity contribution in [2.75, 3.05) is 13.2 Å². The van der Waals surface area contributed by atoms with Gasteiger partial charge < -0.3 is 25.2 Å². The van der Waals surface area contributed by atoms with Gasteiger partial charge in [-0.3, -0.25) is 9.59 Å². The second-order valence-electron chi connectivity index (χ2n) is 9.26. The van der Waals surface area contributed by atoms with Gasteiger partial charge in [0.05, 0.1) is 16.2 Å². The van der Waals surface area contributed by atoms with Gasteiger partial charge in [-0.2, -0.15) is 0 Å². The molecular weight excluding hydrogens is 535 g/mol. The summed E-state index contributed by atoms with van der Waals surface area (Å²) in [5, 5.41) is 23.3. The van der Waals surface area contributed by atoms with Crippen LogP contribution in [0.25, 0.3) is 0 Å². The van der Waals surface area contributed by atoms with Crippen LogP contribution in [-0.4, -0.2) is 64.4 Å². The zero-order chi connectivity index (χ0) is 23.4. The number of rotatable bonds is 8. The maximum absolute atomic E-state index is 13.5. The minimum atomic E-state index is -0.944. The Morgan fingerprint density at radius 1 is 1.12 bits per heavy atom. The summed E-state index contributed by atoms with van der Waals surface area (Å²) in [5.41, 5.74) is 0.485. The number of nitrogens with zero attached hydrogens (tertiary/aromatic N) is 1. The van der Waals surface area contributed by atoms with Gasteiger partial charge in [0.1, 0.15) is 18.0 Å². The molecule has 3 aliphatic rings. The number of amides is 2. The SMILES string of the molecule is O=C(NCCO)C1=CC(Oc2ccccc2I)C(O)C(N(C(=O)C2CCC2)C2CCCC2)C1. The summed E-state index contributed by atoms with van der Waals surface area (Å²) in [7, 11) is 0. The molecule has 33 heavy (non-hydrogen) atoms. The molecule has 8 heteroatoms.